The zero-order valence-electron chi connectivity index (χ0n) is 9.61. The highest BCUT2D eigenvalue weighted by atomic mass is 35.5. The molecule has 92 valence electrons. The molecule has 18 heavy (non-hydrogen) atoms. The minimum atomic E-state index is 0.715. The SMILES string of the molecule is Clc1c(CNCc2nccs2)[nH]c2ccccc12. The predicted molar refractivity (Wildman–Crippen MR) is 76.0 cm³/mol. The number of hydrogen-bond donors (Lipinski definition) is 2. The van der Waals surface area contributed by atoms with E-state index < -0.39 is 0 Å². The third-order valence-corrected chi connectivity index (χ3v) is 3.99. The second-order valence-corrected chi connectivity index (χ2v) is 5.35. The molecule has 0 unspecified atom stereocenters. The molecule has 0 saturated heterocycles. The molecule has 2 heterocycles. The number of rotatable bonds is 4. The molecule has 0 aliphatic rings. The van der Waals surface area contributed by atoms with Gasteiger partial charge in [-0.05, 0) is 6.07 Å². The van der Waals surface area contributed by atoms with Gasteiger partial charge in [-0.3, -0.25) is 0 Å². The molecular weight excluding hydrogens is 266 g/mol. The standard InChI is InChI=1S/C13H12ClN3S/c14-13-9-3-1-2-4-10(9)17-11(13)7-15-8-12-16-5-6-18-12/h1-6,15,17H,7-8H2. The first-order chi connectivity index (χ1) is 8.84. The van der Waals surface area contributed by atoms with Crippen molar-refractivity contribution in [3.8, 4) is 0 Å². The molecular formula is C13H12ClN3S. The number of nitrogens with zero attached hydrogens (tertiary/aromatic N) is 1. The molecule has 0 atom stereocenters. The van der Waals surface area contributed by atoms with E-state index in [-0.39, 0.29) is 0 Å². The van der Waals surface area contributed by atoms with Gasteiger partial charge < -0.3 is 10.3 Å². The van der Waals surface area contributed by atoms with Crippen molar-refractivity contribution in [2.24, 2.45) is 0 Å². The van der Waals surface area contributed by atoms with Gasteiger partial charge in [0.25, 0.3) is 0 Å². The highest BCUT2D eigenvalue weighted by Gasteiger charge is 2.08. The molecule has 5 heteroatoms. The summed E-state index contributed by atoms with van der Waals surface area (Å²) in [7, 11) is 0. The van der Waals surface area contributed by atoms with E-state index in [4.69, 9.17) is 11.6 Å². The summed E-state index contributed by atoms with van der Waals surface area (Å²) in [4.78, 5) is 7.56. The van der Waals surface area contributed by atoms with Gasteiger partial charge in [0, 0.05) is 41.3 Å². The Morgan fingerprint density at radius 3 is 2.94 bits per heavy atom. The van der Waals surface area contributed by atoms with Crippen LogP contribution in [0, 0.1) is 0 Å². The lowest BCUT2D eigenvalue weighted by Gasteiger charge is -2.01. The van der Waals surface area contributed by atoms with Crippen LogP contribution >= 0.6 is 22.9 Å². The van der Waals surface area contributed by atoms with E-state index in [0.29, 0.717) is 6.54 Å². The number of nitrogens with one attached hydrogen (secondary N) is 2. The lowest BCUT2D eigenvalue weighted by Crippen LogP contribution is -2.12. The fraction of sp³-hybridized carbons (Fsp3) is 0.154. The first-order valence-electron chi connectivity index (χ1n) is 5.69. The third-order valence-electron chi connectivity index (χ3n) is 2.78. The Hall–Kier alpha value is -1.36. The van der Waals surface area contributed by atoms with Crippen molar-refractivity contribution in [3.05, 3.63) is 51.6 Å². The molecule has 0 aliphatic heterocycles. The van der Waals surface area contributed by atoms with Gasteiger partial charge in [0.1, 0.15) is 5.01 Å². The fourth-order valence-electron chi connectivity index (χ4n) is 1.92. The number of para-hydroxylation sites is 1. The summed E-state index contributed by atoms with van der Waals surface area (Å²) in [6.45, 7) is 1.48. The summed E-state index contributed by atoms with van der Waals surface area (Å²) < 4.78 is 0. The van der Waals surface area contributed by atoms with Crippen LogP contribution in [0.4, 0.5) is 0 Å². The van der Waals surface area contributed by atoms with Crippen molar-refractivity contribution >= 4 is 33.8 Å². The number of H-pyrrole nitrogens is 1. The first kappa shape index (κ1) is 11.7. The maximum Gasteiger partial charge on any atom is 0.106 e. The monoisotopic (exact) mass is 277 g/mol. The quantitative estimate of drug-likeness (QED) is 0.765. The third kappa shape index (κ3) is 2.27. The normalized spacial score (nSPS) is 11.2. The molecule has 0 radical (unpaired) electrons. The average Bonchev–Trinajstić information content (AvgIpc) is 3.00. The number of hydrogen-bond acceptors (Lipinski definition) is 3. The van der Waals surface area contributed by atoms with Crippen LogP contribution in [0.5, 0.6) is 0 Å². The van der Waals surface area contributed by atoms with E-state index in [2.05, 4.69) is 15.3 Å². The van der Waals surface area contributed by atoms with Crippen molar-refractivity contribution in [1.29, 1.82) is 0 Å². The van der Waals surface area contributed by atoms with Crippen LogP contribution in [-0.4, -0.2) is 9.97 Å². The molecule has 0 fully saturated rings. The highest BCUT2D eigenvalue weighted by molar-refractivity contribution is 7.09. The van der Waals surface area contributed by atoms with Crippen LogP contribution < -0.4 is 5.32 Å². The number of aromatic nitrogens is 2. The van der Waals surface area contributed by atoms with Crippen LogP contribution in [0.15, 0.2) is 35.8 Å². The van der Waals surface area contributed by atoms with Gasteiger partial charge in [-0.15, -0.1) is 11.3 Å². The lowest BCUT2D eigenvalue weighted by molar-refractivity contribution is 0.680. The highest BCUT2D eigenvalue weighted by Crippen LogP contribution is 2.26. The summed E-state index contributed by atoms with van der Waals surface area (Å²) >= 11 is 7.98. The predicted octanol–water partition coefficient (Wildman–Crippen LogP) is 3.57. The van der Waals surface area contributed by atoms with Gasteiger partial charge in [-0.2, -0.15) is 0 Å². The second kappa shape index (κ2) is 5.10. The van der Waals surface area contributed by atoms with Crippen molar-refractivity contribution in [1.82, 2.24) is 15.3 Å². The molecule has 1 aromatic carbocycles. The van der Waals surface area contributed by atoms with E-state index in [1.165, 1.54) is 0 Å². The fourth-order valence-corrected chi connectivity index (χ4v) is 2.78. The Morgan fingerprint density at radius 2 is 2.17 bits per heavy atom. The first-order valence-corrected chi connectivity index (χ1v) is 6.94. The van der Waals surface area contributed by atoms with Crippen molar-refractivity contribution in [2.45, 2.75) is 13.1 Å². The molecule has 2 N–H and O–H groups in total. The molecule has 3 aromatic rings. The lowest BCUT2D eigenvalue weighted by atomic mass is 10.2. The zero-order chi connectivity index (χ0) is 12.4. The van der Waals surface area contributed by atoms with Crippen molar-refractivity contribution in [3.63, 3.8) is 0 Å². The van der Waals surface area contributed by atoms with Gasteiger partial charge in [0.15, 0.2) is 0 Å². The zero-order valence-corrected chi connectivity index (χ0v) is 11.2. The molecule has 0 amide bonds. The van der Waals surface area contributed by atoms with Gasteiger partial charge in [0.2, 0.25) is 0 Å². The van der Waals surface area contributed by atoms with E-state index >= 15 is 0 Å². The van der Waals surface area contributed by atoms with Gasteiger partial charge in [0.05, 0.1) is 5.02 Å². The topological polar surface area (TPSA) is 40.7 Å². The van der Waals surface area contributed by atoms with Crippen LogP contribution in [0.25, 0.3) is 10.9 Å². The Bertz CT molecular complexity index is 645. The molecule has 0 bridgehead atoms. The van der Waals surface area contributed by atoms with Gasteiger partial charge in [-0.25, -0.2) is 4.98 Å². The number of aromatic amines is 1. The average molecular weight is 278 g/mol. The molecule has 2 aromatic heterocycles. The van der Waals surface area contributed by atoms with E-state index in [1.54, 1.807) is 11.3 Å². The van der Waals surface area contributed by atoms with Gasteiger partial charge >= 0.3 is 0 Å². The summed E-state index contributed by atoms with van der Waals surface area (Å²) in [6, 6.07) is 8.06. The maximum absolute atomic E-state index is 6.33. The summed E-state index contributed by atoms with van der Waals surface area (Å²) in [5.74, 6) is 0. The minimum absolute atomic E-state index is 0.715. The summed E-state index contributed by atoms with van der Waals surface area (Å²) in [5.41, 5.74) is 2.10. The van der Waals surface area contributed by atoms with Crippen LogP contribution in [0.2, 0.25) is 5.02 Å². The molecule has 3 nitrogen and oxygen atoms in total. The maximum atomic E-state index is 6.33. The second-order valence-electron chi connectivity index (χ2n) is 3.99. The van der Waals surface area contributed by atoms with E-state index in [1.807, 2.05) is 35.8 Å². The largest absolute Gasteiger partial charge is 0.356 e. The van der Waals surface area contributed by atoms with Crippen LogP contribution in [0.3, 0.4) is 0 Å². The van der Waals surface area contributed by atoms with Crippen LogP contribution in [0.1, 0.15) is 10.7 Å². The van der Waals surface area contributed by atoms with Crippen LogP contribution in [-0.2, 0) is 13.1 Å². The number of fused-ring (bicyclic) bond motifs is 1. The Morgan fingerprint density at radius 1 is 1.28 bits per heavy atom. The summed E-state index contributed by atoms with van der Waals surface area (Å²) in [6.07, 6.45) is 1.82. The van der Waals surface area contributed by atoms with E-state index in [9.17, 15) is 0 Å². The Kier molecular flexibility index (Phi) is 3.32. The Labute approximate surface area is 114 Å². The smallest absolute Gasteiger partial charge is 0.106 e. The van der Waals surface area contributed by atoms with E-state index in [0.717, 1.165) is 33.2 Å². The molecule has 0 spiro atoms. The molecule has 0 aliphatic carbocycles. The molecule has 0 saturated carbocycles. The number of halogens is 1. The van der Waals surface area contributed by atoms with Crippen molar-refractivity contribution < 1.29 is 0 Å². The van der Waals surface area contributed by atoms with Crippen molar-refractivity contribution in [2.75, 3.05) is 0 Å². The Balaban J connectivity index is 1.73. The minimum Gasteiger partial charge on any atom is -0.356 e. The molecule has 3 rings (SSSR count). The van der Waals surface area contributed by atoms with Gasteiger partial charge in [-0.1, -0.05) is 29.8 Å². The summed E-state index contributed by atoms with van der Waals surface area (Å²) in [5, 5.41) is 8.28. The number of thiazole rings is 1. The number of benzene rings is 1.